The van der Waals surface area contributed by atoms with Gasteiger partial charge in [0.15, 0.2) is 0 Å². The Morgan fingerprint density at radius 1 is 1.64 bits per heavy atom. The van der Waals surface area contributed by atoms with Crippen molar-refractivity contribution in [2.45, 2.75) is 25.4 Å². The maximum absolute atomic E-state index is 5.41. The van der Waals surface area contributed by atoms with Crippen molar-refractivity contribution in [2.75, 3.05) is 13.2 Å². The van der Waals surface area contributed by atoms with Crippen LogP contribution in [0.25, 0.3) is 0 Å². The normalized spacial score (nSPS) is 22.5. The second-order valence-electron chi connectivity index (χ2n) is 3.53. The Bertz CT molecular complexity index is 283. The molecule has 2 heterocycles. The van der Waals surface area contributed by atoms with Gasteiger partial charge in [0.25, 0.3) is 0 Å². The molecule has 1 N–H and O–H groups in total. The number of thiophene rings is 1. The quantitative estimate of drug-likeness (QED) is 0.916. The van der Waals surface area contributed by atoms with Crippen LogP contribution in [-0.4, -0.2) is 19.3 Å². The molecule has 1 aliphatic heterocycles. The number of nitrogens with one attached hydrogen (secondary N) is 1. The number of hydrogen-bond donors (Lipinski definition) is 1. The zero-order chi connectivity index (χ0) is 9.80. The summed E-state index contributed by atoms with van der Waals surface area (Å²) in [6.45, 7) is 2.76. The van der Waals surface area contributed by atoms with Crippen molar-refractivity contribution in [1.29, 1.82) is 0 Å². The van der Waals surface area contributed by atoms with Crippen LogP contribution < -0.4 is 5.32 Å². The van der Waals surface area contributed by atoms with Crippen LogP contribution in [0.2, 0.25) is 0 Å². The Balaban J connectivity index is 1.76. The van der Waals surface area contributed by atoms with E-state index in [4.69, 9.17) is 4.74 Å². The van der Waals surface area contributed by atoms with Gasteiger partial charge in [0.05, 0.1) is 6.61 Å². The van der Waals surface area contributed by atoms with Crippen molar-refractivity contribution in [1.82, 2.24) is 5.32 Å². The van der Waals surface area contributed by atoms with E-state index in [9.17, 15) is 0 Å². The molecule has 1 aromatic rings. The molecule has 14 heavy (non-hydrogen) atoms. The summed E-state index contributed by atoms with van der Waals surface area (Å²) >= 11 is 5.24. The molecule has 0 amide bonds. The van der Waals surface area contributed by atoms with Crippen LogP contribution in [0.1, 0.15) is 17.7 Å². The van der Waals surface area contributed by atoms with E-state index in [1.54, 1.807) is 11.3 Å². The van der Waals surface area contributed by atoms with E-state index in [2.05, 4.69) is 32.7 Å². The SMILES string of the molecule is Brc1csc(CN[C@H]2CCCOC2)c1. The predicted octanol–water partition coefficient (Wildman–Crippen LogP) is 2.78. The van der Waals surface area contributed by atoms with Crippen molar-refractivity contribution >= 4 is 27.3 Å². The second-order valence-corrected chi connectivity index (χ2v) is 5.44. The summed E-state index contributed by atoms with van der Waals surface area (Å²) in [7, 11) is 0. The largest absolute Gasteiger partial charge is 0.380 e. The molecular weight excluding hydrogens is 262 g/mol. The van der Waals surface area contributed by atoms with E-state index >= 15 is 0 Å². The molecule has 0 aliphatic carbocycles. The van der Waals surface area contributed by atoms with Gasteiger partial charge in [-0.3, -0.25) is 0 Å². The maximum Gasteiger partial charge on any atom is 0.0619 e. The summed E-state index contributed by atoms with van der Waals surface area (Å²) in [5, 5.41) is 5.64. The summed E-state index contributed by atoms with van der Waals surface area (Å²) in [5.41, 5.74) is 0. The minimum atomic E-state index is 0.546. The third-order valence-electron chi connectivity index (χ3n) is 2.35. The summed E-state index contributed by atoms with van der Waals surface area (Å²) in [5.74, 6) is 0. The Hall–Kier alpha value is 0.1000. The Morgan fingerprint density at radius 3 is 3.21 bits per heavy atom. The minimum Gasteiger partial charge on any atom is -0.380 e. The second kappa shape index (κ2) is 5.26. The Labute approximate surface area is 96.8 Å². The van der Waals surface area contributed by atoms with Crippen molar-refractivity contribution in [3.63, 3.8) is 0 Å². The van der Waals surface area contributed by atoms with E-state index in [-0.39, 0.29) is 0 Å². The van der Waals surface area contributed by atoms with Gasteiger partial charge in [0, 0.05) is 33.9 Å². The highest BCUT2D eigenvalue weighted by atomic mass is 79.9. The lowest BCUT2D eigenvalue weighted by Crippen LogP contribution is -2.36. The molecule has 0 saturated carbocycles. The van der Waals surface area contributed by atoms with Crippen LogP contribution in [-0.2, 0) is 11.3 Å². The average molecular weight is 276 g/mol. The lowest BCUT2D eigenvalue weighted by Gasteiger charge is -2.22. The summed E-state index contributed by atoms with van der Waals surface area (Å²) in [6.07, 6.45) is 2.43. The fourth-order valence-electron chi connectivity index (χ4n) is 1.59. The molecule has 0 aromatic carbocycles. The third-order valence-corrected chi connectivity index (χ3v) is 4.04. The third kappa shape index (κ3) is 3.05. The molecule has 0 unspecified atom stereocenters. The van der Waals surface area contributed by atoms with E-state index in [1.165, 1.54) is 22.2 Å². The molecule has 4 heteroatoms. The highest BCUT2D eigenvalue weighted by Crippen LogP contribution is 2.19. The zero-order valence-electron chi connectivity index (χ0n) is 7.96. The van der Waals surface area contributed by atoms with Crippen LogP contribution in [0.3, 0.4) is 0 Å². The molecule has 1 aliphatic rings. The summed E-state index contributed by atoms with van der Waals surface area (Å²) < 4.78 is 6.59. The molecule has 0 bridgehead atoms. The van der Waals surface area contributed by atoms with Crippen LogP contribution in [0, 0.1) is 0 Å². The highest BCUT2D eigenvalue weighted by Gasteiger charge is 2.12. The van der Waals surface area contributed by atoms with E-state index < -0.39 is 0 Å². The standard InChI is InChI=1S/C10H14BrNOS/c11-8-4-10(14-7-8)5-12-9-2-1-3-13-6-9/h4,7,9,12H,1-3,5-6H2/t9-/m0/s1. The van der Waals surface area contributed by atoms with Crippen molar-refractivity contribution in [3.05, 3.63) is 20.8 Å². The first-order valence-corrected chi connectivity index (χ1v) is 6.56. The van der Waals surface area contributed by atoms with Gasteiger partial charge in [-0.25, -0.2) is 0 Å². The first kappa shape index (κ1) is 10.6. The summed E-state index contributed by atoms with van der Waals surface area (Å²) in [4.78, 5) is 1.38. The van der Waals surface area contributed by atoms with Crippen molar-refractivity contribution < 1.29 is 4.74 Å². The fraction of sp³-hybridized carbons (Fsp3) is 0.600. The smallest absolute Gasteiger partial charge is 0.0619 e. The Kier molecular flexibility index (Phi) is 3.99. The number of halogens is 1. The van der Waals surface area contributed by atoms with E-state index in [1.807, 2.05) is 0 Å². The van der Waals surface area contributed by atoms with Crippen LogP contribution >= 0.6 is 27.3 Å². The molecule has 2 nitrogen and oxygen atoms in total. The van der Waals surface area contributed by atoms with Gasteiger partial charge in [-0.15, -0.1) is 11.3 Å². The molecular formula is C10H14BrNOS. The van der Waals surface area contributed by atoms with E-state index in [0.29, 0.717) is 6.04 Å². The number of hydrogen-bond acceptors (Lipinski definition) is 3. The van der Waals surface area contributed by atoms with Gasteiger partial charge >= 0.3 is 0 Å². The first-order valence-electron chi connectivity index (χ1n) is 4.88. The predicted molar refractivity (Wildman–Crippen MR) is 62.7 cm³/mol. The molecule has 78 valence electrons. The number of rotatable bonds is 3. The molecule has 1 aromatic heterocycles. The lowest BCUT2D eigenvalue weighted by molar-refractivity contribution is 0.0700. The zero-order valence-corrected chi connectivity index (χ0v) is 10.4. The monoisotopic (exact) mass is 275 g/mol. The maximum atomic E-state index is 5.41. The van der Waals surface area contributed by atoms with Gasteiger partial charge in [-0.1, -0.05) is 0 Å². The average Bonchev–Trinajstić information content (AvgIpc) is 2.63. The molecule has 1 atom stereocenters. The molecule has 0 radical (unpaired) electrons. The topological polar surface area (TPSA) is 21.3 Å². The van der Waals surface area contributed by atoms with Crippen molar-refractivity contribution in [3.8, 4) is 0 Å². The van der Waals surface area contributed by atoms with Gasteiger partial charge in [0.1, 0.15) is 0 Å². The van der Waals surface area contributed by atoms with Crippen LogP contribution in [0.4, 0.5) is 0 Å². The van der Waals surface area contributed by atoms with Gasteiger partial charge in [-0.2, -0.15) is 0 Å². The minimum absolute atomic E-state index is 0.546. The molecule has 1 fully saturated rings. The van der Waals surface area contributed by atoms with Gasteiger partial charge in [-0.05, 0) is 34.8 Å². The van der Waals surface area contributed by atoms with Crippen LogP contribution in [0.15, 0.2) is 15.9 Å². The molecule has 1 saturated heterocycles. The fourth-order valence-corrected chi connectivity index (χ4v) is 3.00. The van der Waals surface area contributed by atoms with Gasteiger partial charge in [0.2, 0.25) is 0 Å². The molecule has 2 rings (SSSR count). The Morgan fingerprint density at radius 2 is 2.57 bits per heavy atom. The first-order chi connectivity index (χ1) is 6.84. The number of ether oxygens (including phenoxy) is 1. The molecule has 0 spiro atoms. The van der Waals surface area contributed by atoms with Crippen LogP contribution in [0.5, 0.6) is 0 Å². The van der Waals surface area contributed by atoms with Gasteiger partial charge < -0.3 is 10.1 Å². The van der Waals surface area contributed by atoms with Crippen molar-refractivity contribution in [2.24, 2.45) is 0 Å². The lowest BCUT2D eigenvalue weighted by atomic mass is 10.1. The van der Waals surface area contributed by atoms with E-state index in [0.717, 1.165) is 19.8 Å². The summed E-state index contributed by atoms with van der Waals surface area (Å²) in [6, 6.07) is 2.71. The highest BCUT2D eigenvalue weighted by molar-refractivity contribution is 9.10.